The third-order valence-electron chi connectivity index (χ3n) is 2.59. The molecule has 0 bridgehead atoms. The van der Waals surface area contributed by atoms with E-state index in [1.165, 1.54) is 12.8 Å². The molecule has 0 saturated carbocycles. The summed E-state index contributed by atoms with van der Waals surface area (Å²) >= 11 is 0. The Hall–Kier alpha value is -0.870. The molecule has 2 unspecified atom stereocenters. The summed E-state index contributed by atoms with van der Waals surface area (Å²) in [4.78, 5) is 0. The second-order valence-corrected chi connectivity index (χ2v) is 3.53. The van der Waals surface area contributed by atoms with E-state index in [0.717, 1.165) is 18.5 Å². The Morgan fingerprint density at radius 1 is 1.54 bits per heavy atom. The van der Waals surface area contributed by atoms with Gasteiger partial charge in [-0.2, -0.15) is 5.10 Å². The molecule has 1 aliphatic heterocycles. The molecule has 1 aromatic heterocycles. The van der Waals surface area contributed by atoms with E-state index in [9.17, 15) is 5.11 Å². The summed E-state index contributed by atoms with van der Waals surface area (Å²) in [5.74, 6) is 0. The number of aliphatic hydroxyl groups excluding tert-OH is 1. The maximum Gasteiger partial charge on any atom is 0.0973 e. The van der Waals surface area contributed by atoms with Gasteiger partial charge in [0.2, 0.25) is 0 Å². The molecular weight excluding hydrogens is 166 g/mol. The predicted molar refractivity (Wildman–Crippen MR) is 49.2 cm³/mol. The zero-order valence-electron chi connectivity index (χ0n) is 7.53. The van der Waals surface area contributed by atoms with Gasteiger partial charge in [-0.05, 0) is 19.4 Å². The number of piperidine rings is 1. The van der Waals surface area contributed by atoms with Gasteiger partial charge in [-0.15, -0.1) is 0 Å². The van der Waals surface area contributed by atoms with Crippen molar-refractivity contribution < 1.29 is 5.11 Å². The Morgan fingerprint density at radius 2 is 2.46 bits per heavy atom. The number of rotatable bonds is 2. The molecule has 0 spiro atoms. The molecule has 1 aromatic rings. The number of hydrogen-bond donors (Lipinski definition) is 3. The normalized spacial score (nSPS) is 25.8. The lowest BCUT2D eigenvalue weighted by Crippen LogP contribution is -2.38. The van der Waals surface area contributed by atoms with Crippen molar-refractivity contribution in [3.8, 4) is 0 Å². The van der Waals surface area contributed by atoms with Gasteiger partial charge >= 0.3 is 0 Å². The van der Waals surface area contributed by atoms with E-state index >= 15 is 0 Å². The van der Waals surface area contributed by atoms with Crippen molar-refractivity contribution in [2.24, 2.45) is 0 Å². The van der Waals surface area contributed by atoms with Gasteiger partial charge in [-0.25, -0.2) is 0 Å². The van der Waals surface area contributed by atoms with Crippen LogP contribution >= 0.6 is 0 Å². The summed E-state index contributed by atoms with van der Waals surface area (Å²) in [5, 5.41) is 19.8. The van der Waals surface area contributed by atoms with Crippen molar-refractivity contribution >= 4 is 0 Å². The van der Waals surface area contributed by atoms with Crippen LogP contribution < -0.4 is 5.32 Å². The lowest BCUT2D eigenvalue weighted by Gasteiger charge is -2.27. The molecule has 0 aromatic carbocycles. The summed E-state index contributed by atoms with van der Waals surface area (Å²) in [6.07, 6.45) is 6.48. The maximum atomic E-state index is 9.91. The standard InChI is InChI=1S/C9H15N3O/c13-9(7-5-11-12-6-7)8-3-1-2-4-10-8/h5-6,8-10,13H,1-4H2,(H,11,12). The van der Waals surface area contributed by atoms with Gasteiger partial charge in [0.05, 0.1) is 12.3 Å². The fourth-order valence-corrected chi connectivity index (χ4v) is 1.80. The molecule has 2 atom stereocenters. The first-order chi connectivity index (χ1) is 6.38. The number of H-pyrrole nitrogens is 1. The summed E-state index contributed by atoms with van der Waals surface area (Å²) in [6, 6.07) is 0.200. The van der Waals surface area contributed by atoms with E-state index in [1.807, 2.05) is 0 Å². The summed E-state index contributed by atoms with van der Waals surface area (Å²) in [6.45, 7) is 1.01. The van der Waals surface area contributed by atoms with Crippen LogP contribution in [0.2, 0.25) is 0 Å². The van der Waals surface area contributed by atoms with Crippen LogP contribution in [0.3, 0.4) is 0 Å². The van der Waals surface area contributed by atoms with E-state index < -0.39 is 6.10 Å². The molecule has 1 fully saturated rings. The second kappa shape index (κ2) is 3.89. The lowest BCUT2D eigenvalue weighted by atomic mass is 9.97. The Labute approximate surface area is 77.4 Å². The Bertz CT molecular complexity index is 241. The molecule has 0 amide bonds. The molecule has 72 valence electrons. The van der Waals surface area contributed by atoms with Crippen molar-refractivity contribution in [1.82, 2.24) is 15.5 Å². The van der Waals surface area contributed by atoms with E-state index in [0.29, 0.717) is 0 Å². The fraction of sp³-hybridized carbons (Fsp3) is 0.667. The van der Waals surface area contributed by atoms with Crippen molar-refractivity contribution in [1.29, 1.82) is 0 Å². The van der Waals surface area contributed by atoms with Crippen LogP contribution in [0.4, 0.5) is 0 Å². The van der Waals surface area contributed by atoms with Crippen LogP contribution in [0.1, 0.15) is 30.9 Å². The average molecular weight is 181 g/mol. The SMILES string of the molecule is OC(c1cn[nH]c1)C1CCCCN1. The molecule has 4 heteroatoms. The van der Waals surface area contributed by atoms with Crippen molar-refractivity contribution in [2.45, 2.75) is 31.4 Å². The number of nitrogens with zero attached hydrogens (tertiary/aromatic N) is 1. The number of hydrogen-bond acceptors (Lipinski definition) is 3. The minimum Gasteiger partial charge on any atom is -0.387 e. The zero-order chi connectivity index (χ0) is 9.10. The lowest BCUT2D eigenvalue weighted by molar-refractivity contribution is 0.114. The third kappa shape index (κ3) is 1.89. The monoisotopic (exact) mass is 181 g/mol. The molecule has 3 N–H and O–H groups in total. The molecule has 2 rings (SSSR count). The Morgan fingerprint density at radius 3 is 3.08 bits per heavy atom. The summed E-state index contributed by atoms with van der Waals surface area (Å²) in [7, 11) is 0. The number of nitrogens with one attached hydrogen (secondary N) is 2. The van der Waals surface area contributed by atoms with Gasteiger partial charge in [0.1, 0.15) is 0 Å². The first-order valence-corrected chi connectivity index (χ1v) is 4.78. The van der Waals surface area contributed by atoms with Crippen LogP contribution in [0.25, 0.3) is 0 Å². The van der Waals surface area contributed by atoms with Crippen molar-refractivity contribution in [3.63, 3.8) is 0 Å². The quantitative estimate of drug-likeness (QED) is 0.625. The third-order valence-corrected chi connectivity index (χ3v) is 2.59. The highest BCUT2D eigenvalue weighted by Crippen LogP contribution is 2.21. The van der Waals surface area contributed by atoms with Crippen LogP contribution in [0.5, 0.6) is 0 Å². The predicted octanol–water partition coefficient (Wildman–Crippen LogP) is 0.585. The van der Waals surface area contributed by atoms with Gasteiger partial charge in [0, 0.05) is 17.8 Å². The summed E-state index contributed by atoms with van der Waals surface area (Å²) < 4.78 is 0. The van der Waals surface area contributed by atoms with Crippen molar-refractivity contribution in [3.05, 3.63) is 18.0 Å². The van der Waals surface area contributed by atoms with Crippen LogP contribution in [-0.4, -0.2) is 27.9 Å². The molecule has 13 heavy (non-hydrogen) atoms. The zero-order valence-corrected chi connectivity index (χ0v) is 7.53. The molecule has 4 nitrogen and oxygen atoms in total. The molecule has 0 aliphatic carbocycles. The topological polar surface area (TPSA) is 60.9 Å². The van der Waals surface area contributed by atoms with E-state index in [-0.39, 0.29) is 6.04 Å². The van der Waals surface area contributed by atoms with Crippen LogP contribution in [0, 0.1) is 0 Å². The minimum absolute atomic E-state index is 0.200. The average Bonchev–Trinajstić information content (AvgIpc) is 2.71. The molecule has 1 aliphatic rings. The van der Waals surface area contributed by atoms with Gasteiger partial charge in [0.25, 0.3) is 0 Å². The van der Waals surface area contributed by atoms with Crippen molar-refractivity contribution in [2.75, 3.05) is 6.54 Å². The maximum absolute atomic E-state index is 9.91. The number of aromatic nitrogens is 2. The van der Waals surface area contributed by atoms with Gasteiger partial charge in [-0.1, -0.05) is 6.42 Å². The van der Waals surface area contributed by atoms with Gasteiger partial charge in [-0.3, -0.25) is 5.10 Å². The number of aromatic amines is 1. The Kier molecular flexibility index (Phi) is 2.61. The fourth-order valence-electron chi connectivity index (χ4n) is 1.80. The largest absolute Gasteiger partial charge is 0.387 e. The van der Waals surface area contributed by atoms with Crippen LogP contribution in [0.15, 0.2) is 12.4 Å². The highest BCUT2D eigenvalue weighted by molar-refractivity contribution is 5.09. The molecule has 1 saturated heterocycles. The first kappa shape index (κ1) is 8.72. The van der Waals surface area contributed by atoms with Gasteiger partial charge < -0.3 is 10.4 Å². The molecule has 2 heterocycles. The van der Waals surface area contributed by atoms with Gasteiger partial charge in [0.15, 0.2) is 0 Å². The number of aliphatic hydroxyl groups is 1. The Balaban J connectivity index is 1.99. The minimum atomic E-state index is -0.418. The first-order valence-electron chi connectivity index (χ1n) is 4.78. The van der Waals surface area contributed by atoms with Crippen LogP contribution in [-0.2, 0) is 0 Å². The second-order valence-electron chi connectivity index (χ2n) is 3.53. The highest BCUT2D eigenvalue weighted by atomic mass is 16.3. The summed E-state index contributed by atoms with van der Waals surface area (Å²) in [5.41, 5.74) is 0.874. The van der Waals surface area contributed by atoms with E-state index in [2.05, 4.69) is 15.5 Å². The van der Waals surface area contributed by atoms with E-state index in [4.69, 9.17) is 0 Å². The highest BCUT2D eigenvalue weighted by Gasteiger charge is 2.22. The smallest absolute Gasteiger partial charge is 0.0973 e. The molecule has 0 radical (unpaired) electrons. The molecular formula is C9H15N3O. The van der Waals surface area contributed by atoms with E-state index in [1.54, 1.807) is 12.4 Å².